The monoisotopic (exact) mass is 178 g/mol. The molecule has 3 heteroatoms. The van der Waals surface area contributed by atoms with Crippen molar-refractivity contribution < 1.29 is 4.79 Å². The van der Waals surface area contributed by atoms with Crippen molar-refractivity contribution in [1.82, 2.24) is 10.3 Å². The quantitative estimate of drug-likeness (QED) is 0.667. The van der Waals surface area contributed by atoms with Crippen LogP contribution in [0.25, 0.3) is 0 Å². The van der Waals surface area contributed by atoms with E-state index in [1.54, 1.807) is 0 Å². The molecule has 0 spiro atoms. The van der Waals surface area contributed by atoms with E-state index in [-0.39, 0.29) is 5.91 Å². The number of aromatic amines is 1. The number of amides is 1. The summed E-state index contributed by atoms with van der Waals surface area (Å²) in [6, 6.07) is 0. The van der Waals surface area contributed by atoms with Crippen molar-refractivity contribution in [2.45, 2.75) is 26.2 Å². The van der Waals surface area contributed by atoms with E-state index in [4.69, 9.17) is 0 Å². The third-order valence-corrected chi connectivity index (χ3v) is 2.72. The van der Waals surface area contributed by atoms with Gasteiger partial charge in [0.15, 0.2) is 0 Å². The number of H-pyrrole nitrogens is 1. The fourth-order valence-corrected chi connectivity index (χ4v) is 2.11. The van der Waals surface area contributed by atoms with Gasteiger partial charge in [0.05, 0.1) is 0 Å². The molecule has 1 aliphatic heterocycles. The Kier molecular flexibility index (Phi) is 1.87. The number of nitrogens with one attached hydrogen (secondary N) is 2. The fraction of sp³-hybridized carbons (Fsp3) is 0.500. The molecule has 0 bridgehead atoms. The van der Waals surface area contributed by atoms with Crippen molar-refractivity contribution in [2.24, 2.45) is 0 Å². The van der Waals surface area contributed by atoms with Crippen molar-refractivity contribution in [3.63, 3.8) is 0 Å². The van der Waals surface area contributed by atoms with E-state index < -0.39 is 0 Å². The van der Waals surface area contributed by atoms with Gasteiger partial charge in [-0.15, -0.1) is 0 Å². The smallest absolute Gasteiger partial charge is 0.220 e. The van der Waals surface area contributed by atoms with Crippen molar-refractivity contribution in [3.8, 4) is 0 Å². The van der Waals surface area contributed by atoms with E-state index in [1.807, 2.05) is 6.20 Å². The normalized spacial score (nSPS) is 22.0. The molecule has 1 saturated heterocycles. The van der Waals surface area contributed by atoms with Crippen LogP contribution < -0.4 is 5.32 Å². The predicted octanol–water partition coefficient (Wildman–Crippen LogP) is 1.24. The molecule has 1 unspecified atom stereocenters. The van der Waals surface area contributed by atoms with Gasteiger partial charge in [-0.05, 0) is 25.0 Å². The van der Waals surface area contributed by atoms with Gasteiger partial charge in [0, 0.05) is 30.8 Å². The summed E-state index contributed by atoms with van der Waals surface area (Å²) < 4.78 is 0. The number of aryl methyl sites for hydroxylation is 2. The molecule has 2 heterocycles. The second kappa shape index (κ2) is 2.91. The molecule has 0 radical (unpaired) electrons. The Bertz CT molecular complexity index is 321. The predicted molar refractivity (Wildman–Crippen MR) is 50.6 cm³/mol. The van der Waals surface area contributed by atoms with E-state index in [2.05, 4.69) is 24.1 Å². The van der Waals surface area contributed by atoms with Gasteiger partial charge in [0.2, 0.25) is 5.91 Å². The Morgan fingerprint density at radius 3 is 2.69 bits per heavy atom. The molecule has 1 fully saturated rings. The average molecular weight is 178 g/mol. The van der Waals surface area contributed by atoms with Gasteiger partial charge in [-0.25, -0.2) is 0 Å². The molecule has 1 amide bonds. The standard InChI is InChI=1S/C10H14N2O/c1-6-4-11-7(2)10(6)8-3-9(13)12-5-8/h4,8,11H,3,5H2,1-2H3,(H,12,13). The Morgan fingerprint density at radius 1 is 1.46 bits per heavy atom. The number of hydrogen-bond donors (Lipinski definition) is 2. The van der Waals surface area contributed by atoms with Gasteiger partial charge in [-0.2, -0.15) is 0 Å². The number of carbonyl (C=O) groups is 1. The van der Waals surface area contributed by atoms with Crippen LogP contribution >= 0.6 is 0 Å². The summed E-state index contributed by atoms with van der Waals surface area (Å²) in [7, 11) is 0. The molecular formula is C10H14N2O. The summed E-state index contributed by atoms with van der Waals surface area (Å²) in [6.45, 7) is 4.94. The highest BCUT2D eigenvalue weighted by atomic mass is 16.1. The minimum absolute atomic E-state index is 0.171. The van der Waals surface area contributed by atoms with E-state index >= 15 is 0 Å². The number of aromatic nitrogens is 1. The number of carbonyl (C=O) groups excluding carboxylic acids is 1. The van der Waals surface area contributed by atoms with Crippen molar-refractivity contribution >= 4 is 5.91 Å². The molecule has 1 atom stereocenters. The van der Waals surface area contributed by atoms with Gasteiger partial charge >= 0.3 is 0 Å². The second-order valence-corrected chi connectivity index (χ2v) is 3.72. The summed E-state index contributed by atoms with van der Waals surface area (Å²) in [4.78, 5) is 14.2. The number of hydrogen-bond acceptors (Lipinski definition) is 1. The van der Waals surface area contributed by atoms with Gasteiger partial charge in [0.25, 0.3) is 0 Å². The highest BCUT2D eigenvalue weighted by Gasteiger charge is 2.25. The molecule has 1 aromatic rings. The maximum atomic E-state index is 11.0. The first kappa shape index (κ1) is 8.35. The van der Waals surface area contributed by atoms with Gasteiger partial charge in [-0.3, -0.25) is 4.79 Å². The van der Waals surface area contributed by atoms with Crippen LogP contribution in [0.3, 0.4) is 0 Å². The first-order valence-corrected chi connectivity index (χ1v) is 4.59. The summed E-state index contributed by atoms with van der Waals surface area (Å²) in [5.74, 6) is 0.545. The lowest BCUT2D eigenvalue weighted by atomic mass is 9.95. The minimum Gasteiger partial charge on any atom is -0.365 e. The molecule has 13 heavy (non-hydrogen) atoms. The van der Waals surface area contributed by atoms with E-state index in [1.165, 1.54) is 16.8 Å². The zero-order valence-corrected chi connectivity index (χ0v) is 7.98. The largest absolute Gasteiger partial charge is 0.365 e. The summed E-state index contributed by atoms with van der Waals surface area (Å²) in [5.41, 5.74) is 3.77. The van der Waals surface area contributed by atoms with Crippen LogP contribution in [0.5, 0.6) is 0 Å². The van der Waals surface area contributed by atoms with Crippen LogP contribution in [-0.2, 0) is 4.79 Å². The molecule has 0 saturated carbocycles. The first-order valence-electron chi connectivity index (χ1n) is 4.59. The molecule has 1 aliphatic rings. The minimum atomic E-state index is 0.171. The lowest BCUT2D eigenvalue weighted by Gasteiger charge is -2.08. The van der Waals surface area contributed by atoms with Crippen molar-refractivity contribution in [2.75, 3.05) is 6.54 Å². The third kappa shape index (κ3) is 1.34. The van der Waals surface area contributed by atoms with Crippen LogP contribution in [-0.4, -0.2) is 17.4 Å². The third-order valence-electron chi connectivity index (χ3n) is 2.72. The molecule has 2 rings (SSSR count). The van der Waals surface area contributed by atoms with Crippen molar-refractivity contribution in [3.05, 3.63) is 23.0 Å². The topological polar surface area (TPSA) is 44.9 Å². The van der Waals surface area contributed by atoms with Gasteiger partial charge in [0.1, 0.15) is 0 Å². The highest BCUT2D eigenvalue weighted by molar-refractivity contribution is 5.79. The summed E-state index contributed by atoms with van der Waals surface area (Å²) in [5, 5.41) is 2.86. The van der Waals surface area contributed by atoms with E-state index in [0.717, 1.165) is 6.54 Å². The van der Waals surface area contributed by atoms with Crippen molar-refractivity contribution in [1.29, 1.82) is 0 Å². The summed E-state index contributed by atoms with van der Waals surface area (Å²) in [6.07, 6.45) is 2.65. The molecule has 0 aromatic carbocycles. The van der Waals surface area contributed by atoms with Crippen LogP contribution in [0.4, 0.5) is 0 Å². The van der Waals surface area contributed by atoms with Crippen LogP contribution in [0.1, 0.15) is 29.2 Å². The lowest BCUT2D eigenvalue weighted by molar-refractivity contribution is -0.119. The maximum absolute atomic E-state index is 11.0. The summed E-state index contributed by atoms with van der Waals surface area (Å²) >= 11 is 0. The fourth-order valence-electron chi connectivity index (χ4n) is 2.11. The lowest BCUT2D eigenvalue weighted by Crippen LogP contribution is -2.13. The maximum Gasteiger partial charge on any atom is 0.220 e. The number of rotatable bonds is 1. The van der Waals surface area contributed by atoms with E-state index in [0.29, 0.717) is 12.3 Å². The zero-order valence-electron chi connectivity index (χ0n) is 7.98. The van der Waals surface area contributed by atoms with Crippen LogP contribution in [0.2, 0.25) is 0 Å². The molecule has 0 aliphatic carbocycles. The van der Waals surface area contributed by atoms with Crippen LogP contribution in [0.15, 0.2) is 6.20 Å². The molecule has 70 valence electrons. The van der Waals surface area contributed by atoms with Gasteiger partial charge < -0.3 is 10.3 Å². The Morgan fingerprint density at radius 2 is 2.23 bits per heavy atom. The first-order chi connectivity index (χ1) is 6.18. The molecular weight excluding hydrogens is 164 g/mol. The molecule has 2 N–H and O–H groups in total. The van der Waals surface area contributed by atoms with Crippen LogP contribution in [0, 0.1) is 13.8 Å². The molecule has 1 aromatic heterocycles. The van der Waals surface area contributed by atoms with E-state index in [9.17, 15) is 4.79 Å². The highest BCUT2D eigenvalue weighted by Crippen LogP contribution is 2.28. The molecule has 3 nitrogen and oxygen atoms in total. The Hall–Kier alpha value is -1.25. The second-order valence-electron chi connectivity index (χ2n) is 3.72. The van der Waals surface area contributed by atoms with Gasteiger partial charge in [-0.1, -0.05) is 0 Å². The Labute approximate surface area is 77.5 Å². The Balaban J connectivity index is 2.30. The SMILES string of the molecule is Cc1c[nH]c(C)c1C1CNC(=O)C1. The zero-order chi connectivity index (χ0) is 9.42. The average Bonchev–Trinajstić information content (AvgIpc) is 2.60.